The van der Waals surface area contributed by atoms with Crippen molar-refractivity contribution in [3.05, 3.63) is 16.1 Å². The van der Waals surface area contributed by atoms with E-state index in [1.165, 1.54) is 0 Å². The maximum Gasteiger partial charge on any atom is 0.305 e. The minimum Gasteiger partial charge on any atom is -0.481 e. The van der Waals surface area contributed by atoms with Gasteiger partial charge in [0.05, 0.1) is 23.2 Å². The molecule has 2 rings (SSSR count). The largest absolute Gasteiger partial charge is 0.481 e. The second-order valence-corrected chi connectivity index (χ2v) is 5.78. The monoisotopic (exact) mass is 269 g/mol. The fourth-order valence-electron chi connectivity index (χ4n) is 2.21. The molecule has 5 nitrogen and oxygen atoms in total. The second-order valence-electron chi connectivity index (χ2n) is 4.89. The molecule has 0 saturated carbocycles. The first-order valence-corrected chi connectivity index (χ1v) is 7.05. The second kappa shape index (κ2) is 5.77. The third-order valence-corrected chi connectivity index (χ3v) is 4.41. The van der Waals surface area contributed by atoms with Crippen LogP contribution in [-0.2, 0) is 4.79 Å². The molecule has 1 unspecified atom stereocenters. The molecule has 6 heteroatoms. The first-order chi connectivity index (χ1) is 8.56. The van der Waals surface area contributed by atoms with Crippen molar-refractivity contribution in [2.45, 2.75) is 31.2 Å². The lowest BCUT2D eigenvalue weighted by molar-refractivity contribution is -0.137. The van der Waals surface area contributed by atoms with Gasteiger partial charge in [-0.05, 0) is 33.0 Å². The van der Waals surface area contributed by atoms with Crippen LogP contribution < -0.4 is 5.73 Å². The zero-order valence-corrected chi connectivity index (χ0v) is 11.3. The Hall–Kier alpha value is -0.980. The van der Waals surface area contributed by atoms with E-state index in [9.17, 15) is 4.79 Å². The standard InChI is InChI=1S/C12H19N3O2S/c1-15-4-2-8(3-5-15)12-14-10(7-18-12)9(13)6-11(16)17/h7-9H,2-6,13H2,1H3,(H,16,17). The van der Waals surface area contributed by atoms with Gasteiger partial charge in [-0.25, -0.2) is 4.98 Å². The number of hydrogen-bond donors (Lipinski definition) is 2. The van der Waals surface area contributed by atoms with Gasteiger partial charge in [0.1, 0.15) is 0 Å². The Balaban J connectivity index is 1.99. The number of carbonyl (C=O) groups is 1. The molecule has 3 N–H and O–H groups in total. The van der Waals surface area contributed by atoms with Crippen LogP contribution >= 0.6 is 11.3 Å². The zero-order valence-electron chi connectivity index (χ0n) is 10.5. The number of nitrogens with zero attached hydrogens (tertiary/aromatic N) is 2. The summed E-state index contributed by atoms with van der Waals surface area (Å²) in [7, 11) is 2.13. The fourth-order valence-corrected chi connectivity index (χ4v) is 3.26. The van der Waals surface area contributed by atoms with E-state index in [-0.39, 0.29) is 6.42 Å². The quantitative estimate of drug-likeness (QED) is 0.864. The molecule has 1 aromatic rings. The third kappa shape index (κ3) is 3.28. The molecule has 0 spiro atoms. The van der Waals surface area contributed by atoms with Gasteiger partial charge in [-0.3, -0.25) is 4.79 Å². The van der Waals surface area contributed by atoms with E-state index in [0.717, 1.165) is 36.6 Å². The summed E-state index contributed by atoms with van der Waals surface area (Å²) in [6, 6.07) is -0.487. The Kier molecular flexibility index (Phi) is 4.31. The molecule has 100 valence electrons. The summed E-state index contributed by atoms with van der Waals surface area (Å²) < 4.78 is 0. The predicted molar refractivity (Wildman–Crippen MR) is 70.8 cm³/mol. The Morgan fingerprint density at radius 3 is 2.94 bits per heavy atom. The molecular formula is C12H19N3O2S. The molecule has 0 aromatic carbocycles. The molecule has 2 heterocycles. The van der Waals surface area contributed by atoms with Crippen molar-refractivity contribution in [1.29, 1.82) is 0 Å². The first kappa shape index (κ1) is 13.5. The van der Waals surface area contributed by atoms with E-state index in [1.54, 1.807) is 11.3 Å². The lowest BCUT2D eigenvalue weighted by Crippen LogP contribution is -2.29. The van der Waals surface area contributed by atoms with Crippen LogP contribution in [0.25, 0.3) is 0 Å². The van der Waals surface area contributed by atoms with Crippen molar-refractivity contribution in [2.75, 3.05) is 20.1 Å². The average Bonchev–Trinajstić information content (AvgIpc) is 2.78. The van der Waals surface area contributed by atoms with Crippen molar-refractivity contribution >= 4 is 17.3 Å². The van der Waals surface area contributed by atoms with E-state index in [0.29, 0.717) is 5.92 Å². The van der Waals surface area contributed by atoms with Crippen LogP contribution in [0, 0.1) is 0 Å². The Labute approximate surface area is 111 Å². The molecule has 1 aliphatic heterocycles. The first-order valence-electron chi connectivity index (χ1n) is 6.17. The molecule has 1 fully saturated rings. The van der Waals surface area contributed by atoms with Gasteiger partial charge >= 0.3 is 5.97 Å². The summed E-state index contributed by atoms with van der Waals surface area (Å²) in [5, 5.41) is 11.7. The Morgan fingerprint density at radius 2 is 2.33 bits per heavy atom. The summed E-state index contributed by atoms with van der Waals surface area (Å²) in [4.78, 5) is 17.5. The van der Waals surface area contributed by atoms with Crippen LogP contribution in [0.15, 0.2) is 5.38 Å². The number of carboxylic acids is 1. The van der Waals surface area contributed by atoms with Crippen LogP contribution in [0.1, 0.15) is 41.9 Å². The highest BCUT2D eigenvalue weighted by Gasteiger charge is 2.22. The number of piperidine rings is 1. The van der Waals surface area contributed by atoms with Crippen LogP contribution in [0.4, 0.5) is 0 Å². The summed E-state index contributed by atoms with van der Waals surface area (Å²) in [6.45, 7) is 2.20. The van der Waals surface area contributed by atoms with Gasteiger partial charge in [0.25, 0.3) is 0 Å². The molecule has 0 aliphatic carbocycles. The lowest BCUT2D eigenvalue weighted by atomic mass is 9.98. The fraction of sp³-hybridized carbons (Fsp3) is 0.667. The number of nitrogens with two attached hydrogens (primary N) is 1. The molecule has 18 heavy (non-hydrogen) atoms. The zero-order chi connectivity index (χ0) is 13.1. The maximum atomic E-state index is 10.6. The minimum absolute atomic E-state index is 0.0590. The Bertz CT molecular complexity index is 413. The van der Waals surface area contributed by atoms with Crippen molar-refractivity contribution in [3.8, 4) is 0 Å². The number of aliphatic carboxylic acids is 1. The third-order valence-electron chi connectivity index (χ3n) is 3.38. The smallest absolute Gasteiger partial charge is 0.305 e. The average molecular weight is 269 g/mol. The summed E-state index contributed by atoms with van der Waals surface area (Å²) in [5.41, 5.74) is 6.53. The SMILES string of the molecule is CN1CCC(c2nc(C(N)CC(=O)O)cs2)CC1. The van der Waals surface area contributed by atoms with E-state index < -0.39 is 12.0 Å². The molecule has 1 aromatic heterocycles. The maximum absolute atomic E-state index is 10.6. The van der Waals surface area contributed by atoms with Crippen molar-refractivity contribution in [2.24, 2.45) is 5.73 Å². The van der Waals surface area contributed by atoms with Crippen molar-refractivity contribution in [1.82, 2.24) is 9.88 Å². The number of likely N-dealkylation sites (tertiary alicyclic amines) is 1. The molecule has 1 atom stereocenters. The van der Waals surface area contributed by atoms with Crippen molar-refractivity contribution in [3.63, 3.8) is 0 Å². The highest BCUT2D eigenvalue weighted by molar-refractivity contribution is 7.09. The van der Waals surface area contributed by atoms with Gasteiger partial charge in [-0.15, -0.1) is 11.3 Å². The normalized spacial score (nSPS) is 19.9. The van der Waals surface area contributed by atoms with Gasteiger partial charge in [0.15, 0.2) is 0 Å². The number of thiazole rings is 1. The van der Waals surface area contributed by atoms with Gasteiger partial charge in [0.2, 0.25) is 0 Å². The highest BCUT2D eigenvalue weighted by Crippen LogP contribution is 2.31. The number of hydrogen-bond acceptors (Lipinski definition) is 5. The minimum atomic E-state index is -0.878. The molecule has 0 bridgehead atoms. The van der Waals surface area contributed by atoms with E-state index in [4.69, 9.17) is 10.8 Å². The molecule has 1 aliphatic rings. The van der Waals surface area contributed by atoms with Crippen LogP contribution in [0.2, 0.25) is 0 Å². The van der Waals surface area contributed by atoms with Crippen LogP contribution in [-0.4, -0.2) is 41.1 Å². The summed E-state index contributed by atoms with van der Waals surface area (Å²) >= 11 is 1.61. The molecular weight excluding hydrogens is 250 g/mol. The summed E-state index contributed by atoms with van der Waals surface area (Å²) in [5.74, 6) is -0.367. The highest BCUT2D eigenvalue weighted by atomic mass is 32.1. The molecule has 0 radical (unpaired) electrons. The molecule has 1 saturated heterocycles. The van der Waals surface area contributed by atoms with Gasteiger partial charge < -0.3 is 15.7 Å². The van der Waals surface area contributed by atoms with E-state index >= 15 is 0 Å². The molecule has 0 amide bonds. The van der Waals surface area contributed by atoms with Crippen LogP contribution in [0.3, 0.4) is 0 Å². The number of rotatable bonds is 4. The Morgan fingerprint density at radius 1 is 1.67 bits per heavy atom. The lowest BCUT2D eigenvalue weighted by Gasteiger charge is -2.27. The summed E-state index contributed by atoms with van der Waals surface area (Å²) in [6.07, 6.45) is 2.19. The number of carboxylic acid groups (broad SMARTS) is 1. The van der Waals surface area contributed by atoms with E-state index in [1.807, 2.05) is 5.38 Å². The number of aromatic nitrogens is 1. The van der Waals surface area contributed by atoms with E-state index in [2.05, 4.69) is 16.9 Å². The van der Waals surface area contributed by atoms with Crippen molar-refractivity contribution < 1.29 is 9.90 Å². The van der Waals surface area contributed by atoms with Crippen LogP contribution in [0.5, 0.6) is 0 Å². The topological polar surface area (TPSA) is 79.5 Å². The predicted octanol–water partition coefficient (Wildman–Crippen LogP) is 1.43. The van der Waals surface area contributed by atoms with Gasteiger partial charge in [-0.2, -0.15) is 0 Å². The van der Waals surface area contributed by atoms with Gasteiger partial charge in [0, 0.05) is 11.3 Å². The van der Waals surface area contributed by atoms with Gasteiger partial charge in [-0.1, -0.05) is 0 Å².